The highest BCUT2D eigenvalue weighted by atomic mass is 16.3. The van der Waals surface area contributed by atoms with Crippen LogP contribution in [-0.2, 0) is 0 Å². The fourth-order valence-corrected chi connectivity index (χ4v) is 1.86. The molecule has 0 aliphatic heterocycles. The van der Waals surface area contributed by atoms with Crippen molar-refractivity contribution in [1.29, 1.82) is 0 Å². The predicted octanol–water partition coefficient (Wildman–Crippen LogP) is 3.51. The zero-order valence-electron chi connectivity index (χ0n) is 9.77. The van der Waals surface area contributed by atoms with Crippen LogP contribution in [-0.4, -0.2) is 9.97 Å². The highest BCUT2D eigenvalue weighted by molar-refractivity contribution is 5.77. The van der Waals surface area contributed by atoms with Gasteiger partial charge in [-0.3, -0.25) is 4.98 Å². The van der Waals surface area contributed by atoms with E-state index in [0.717, 1.165) is 22.4 Å². The molecule has 17 heavy (non-hydrogen) atoms. The summed E-state index contributed by atoms with van der Waals surface area (Å²) in [6.07, 6.45) is 1.77. The summed E-state index contributed by atoms with van der Waals surface area (Å²) in [5.74, 6) is 0.635. The van der Waals surface area contributed by atoms with Gasteiger partial charge >= 0.3 is 0 Å². The average Bonchev–Trinajstić information content (AvgIpc) is 2.72. The van der Waals surface area contributed by atoms with Gasteiger partial charge in [0.15, 0.2) is 5.58 Å². The maximum Gasteiger partial charge on any atom is 0.229 e. The van der Waals surface area contributed by atoms with Crippen LogP contribution in [0.3, 0.4) is 0 Å². The minimum Gasteiger partial charge on any atom is -0.436 e. The van der Waals surface area contributed by atoms with E-state index in [1.807, 2.05) is 44.2 Å². The number of oxazole rings is 1. The van der Waals surface area contributed by atoms with Gasteiger partial charge in [0.1, 0.15) is 5.52 Å². The summed E-state index contributed by atoms with van der Waals surface area (Å²) < 4.78 is 5.76. The smallest absolute Gasteiger partial charge is 0.229 e. The summed E-state index contributed by atoms with van der Waals surface area (Å²) in [5.41, 5.74) is 4.75. The third-order valence-corrected chi connectivity index (χ3v) is 2.78. The first-order valence-corrected chi connectivity index (χ1v) is 5.53. The van der Waals surface area contributed by atoms with Crippen LogP contribution in [0, 0.1) is 13.8 Å². The van der Waals surface area contributed by atoms with Gasteiger partial charge in [0, 0.05) is 11.9 Å². The molecule has 0 fully saturated rings. The van der Waals surface area contributed by atoms with E-state index in [4.69, 9.17) is 4.42 Å². The van der Waals surface area contributed by atoms with Crippen LogP contribution >= 0.6 is 0 Å². The van der Waals surface area contributed by atoms with Gasteiger partial charge in [-0.05, 0) is 43.7 Å². The number of aryl methyl sites for hydroxylation is 2. The molecule has 0 bridgehead atoms. The second-order valence-corrected chi connectivity index (χ2v) is 4.13. The maximum absolute atomic E-state index is 5.76. The Morgan fingerprint density at radius 3 is 2.82 bits per heavy atom. The van der Waals surface area contributed by atoms with Crippen LogP contribution in [0.1, 0.15) is 11.3 Å². The number of nitrogens with zero attached hydrogens (tertiary/aromatic N) is 2. The second kappa shape index (κ2) is 3.70. The monoisotopic (exact) mass is 224 g/mol. The van der Waals surface area contributed by atoms with Crippen LogP contribution in [0.25, 0.3) is 22.6 Å². The fraction of sp³-hybridized carbons (Fsp3) is 0.143. The van der Waals surface area contributed by atoms with Gasteiger partial charge in [-0.2, -0.15) is 0 Å². The number of hydrogen-bond acceptors (Lipinski definition) is 3. The fourth-order valence-electron chi connectivity index (χ4n) is 1.86. The summed E-state index contributed by atoms with van der Waals surface area (Å²) in [5, 5.41) is 0. The average molecular weight is 224 g/mol. The first kappa shape index (κ1) is 10.0. The van der Waals surface area contributed by atoms with Gasteiger partial charge in [-0.1, -0.05) is 6.07 Å². The van der Waals surface area contributed by atoms with Gasteiger partial charge in [-0.15, -0.1) is 0 Å². The zero-order chi connectivity index (χ0) is 11.8. The van der Waals surface area contributed by atoms with E-state index >= 15 is 0 Å². The van der Waals surface area contributed by atoms with Gasteiger partial charge in [0.25, 0.3) is 0 Å². The highest BCUT2D eigenvalue weighted by Gasteiger charge is 2.10. The largest absolute Gasteiger partial charge is 0.436 e. The van der Waals surface area contributed by atoms with Crippen LogP contribution in [0.5, 0.6) is 0 Å². The lowest BCUT2D eigenvalue weighted by molar-refractivity contribution is 0.618. The van der Waals surface area contributed by atoms with Crippen molar-refractivity contribution in [2.75, 3.05) is 0 Å². The maximum atomic E-state index is 5.76. The number of hydrogen-bond donors (Lipinski definition) is 0. The van der Waals surface area contributed by atoms with Gasteiger partial charge in [-0.25, -0.2) is 4.98 Å². The van der Waals surface area contributed by atoms with E-state index in [1.54, 1.807) is 6.20 Å². The summed E-state index contributed by atoms with van der Waals surface area (Å²) in [7, 11) is 0. The lowest BCUT2D eigenvalue weighted by Crippen LogP contribution is -1.85. The minimum atomic E-state index is 0.635. The molecule has 0 saturated carbocycles. The summed E-state index contributed by atoms with van der Waals surface area (Å²) in [6, 6.07) is 9.87. The number of aromatic nitrogens is 2. The minimum absolute atomic E-state index is 0.635. The molecular weight excluding hydrogens is 212 g/mol. The number of rotatable bonds is 1. The quantitative estimate of drug-likeness (QED) is 0.635. The van der Waals surface area contributed by atoms with Crippen LogP contribution in [0.2, 0.25) is 0 Å². The first-order valence-electron chi connectivity index (χ1n) is 5.53. The molecule has 0 N–H and O–H groups in total. The summed E-state index contributed by atoms with van der Waals surface area (Å²) >= 11 is 0. The summed E-state index contributed by atoms with van der Waals surface area (Å²) in [6.45, 7) is 3.99. The number of benzene rings is 1. The van der Waals surface area contributed by atoms with Crippen molar-refractivity contribution in [3.8, 4) is 11.5 Å². The van der Waals surface area contributed by atoms with E-state index in [1.165, 1.54) is 5.56 Å². The third-order valence-electron chi connectivity index (χ3n) is 2.78. The van der Waals surface area contributed by atoms with Crippen molar-refractivity contribution >= 4 is 11.1 Å². The standard InChI is InChI=1S/C14H12N2O/c1-9-5-6-12-13(8-9)17-14(16-12)11-4-3-7-15-10(11)2/h3-8H,1-2H3. The Hall–Kier alpha value is -2.16. The molecule has 3 nitrogen and oxygen atoms in total. The van der Waals surface area contributed by atoms with E-state index in [2.05, 4.69) is 9.97 Å². The predicted molar refractivity (Wildman–Crippen MR) is 66.7 cm³/mol. The van der Waals surface area contributed by atoms with Crippen LogP contribution in [0.4, 0.5) is 0 Å². The summed E-state index contributed by atoms with van der Waals surface area (Å²) in [4.78, 5) is 8.72. The molecule has 0 saturated heterocycles. The normalized spacial score (nSPS) is 10.9. The number of fused-ring (bicyclic) bond motifs is 1. The van der Waals surface area contributed by atoms with Crippen molar-refractivity contribution in [1.82, 2.24) is 9.97 Å². The molecule has 0 atom stereocenters. The zero-order valence-corrected chi connectivity index (χ0v) is 9.77. The molecule has 0 aliphatic carbocycles. The molecule has 2 aromatic heterocycles. The number of pyridine rings is 1. The Morgan fingerprint density at radius 1 is 1.12 bits per heavy atom. The van der Waals surface area contributed by atoms with E-state index in [9.17, 15) is 0 Å². The highest BCUT2D eigenvalue weighted by Crippen LogP contribution is 2.26. The van der Waals surface area contributed by atoms with Crippen molar-refractivity contribution in [2.45, 2.75) is 13.8 Å². The second-order valence-electron chi connectivity index (χ2n) is 4.13. The van der Waals surface area contributed by atoms with E-state index in [0.29, 0.717) is 5.89 Å². The molecule has 0 unspecified atom stereocenters. The van der Waals surface area contributed by atoms with Crippen molar-refractivity contribution in [3.63, 3.8) is 0 Å². The van der Waals surface area contributed by atoms with E-state index < -0.39 is 0 Å². The Balaban J connectivity index is 2.22. The van der Waals surface area contributed by atoms with Crippen LogP contribution < -0.4 is 0 Å². The molecule has 84 valence electrons. The molecule has 0 radical (unpaired) electrons. The molecule has 1 aromatic carbocycles. The Labute approximate surface area is 99.1 Å². The molecular formula is C14H12N2O. The SMILES string of the molecule is Cc1ccc2nc(-c3cccnc3C)oc2c1. The lowest BCUT2D eigenvalue weighted by atomic mass is 10.2. The molecule has 2 heterocycles. The molecule has 0 amide bonds. The van der Waals surface area contributed by atoms with Gasteiger partial charge < -0.3 is 4.42 Å². The topological polar surface area (TPSA) is 38.9 Å². The molecule has 3 aromatic rings. The third kappa shape index (κ3) is 1.69. The van der Waals surface area contributed by atoms with Crippen molar-refractivity contribution < 1.29 is 4.42 Å². The van der Waals surface area contributed by atoms with Crippen molar-refractivity contribution in [3.05, 3.63) is 47.8 Å². The molecule has 3 heteroatoms. The van der Waals surface area contributed by atoms with Crippen molar-refractivity contribution in [2.24, 2.45) is 0 Å². The molecule has 3 rings (SSSR count). The Morgan fingerprint density at radius 2 is 2.00 bits per heavy atom. The molecule has 0 aliphatic rings. The molecule has 0 spiro atoms. The Bertz CT molecular complexity index is 686. The van der Waals surface area contributed by atoms with Crippen LogP contribution in [0.15, 0.2) is 40.9 Å². The Kier molecular flexibility index (Phi) is 2.18. The lowest BCUT2D eigenvalue weighted by Gasteiger charge is -1.97. The first-order chi connectivity index (χ1) is 8.24. The van der Waals surface area contributed by atoms with E-state index in [-0.39, 0.29) is 0 Å². The van der Waals surface area contributed by atoms with Gasteiger partial charge in [0.2, 0.25) is 5.89 Å². The van der Waals surface area contributed by atoms with Gasteiger partial charge in [0.05, 0.1) is 5.56 Å².